The second kappa shape index (κ2) is 5.69. The lowest BCUT2D eigenvalue weighted by Crippen LogP contribution is -2.67. The van der Waals surface area contributed by atoms with Crippen LogP contribution in [-0.4, -0.2) is 40.6 Å². The van der Waals surface area contributed by atoms with Crippen LogP contribution >= 0.6 is 0 Å². The van der Waals surface area contributed by atoms with Crippen molar-refractivity contribution in [2.45, 2.75) is 32.0 Å². The highest BCUT2D eigenvalue weighted by molar-refractivity contribution is 6.15. The van der Waals surface area contributed by atoms with Crippen LogP contribution in [0.2, 0.25) is 0 Å². The maximum absolute atomic E-state index is 13.0. The lowest BCUT2D eigenvalue weighted by atomic mass is 9.97. The predicted molar refractivity (Wildman–Crippen MR) is 89.0 cm³/mol. The number of esters is 1. The molecule has 8 heteroatoms. The van der Waals surface area contributed by atoms with Crippen LogP contribution < -0.4 is 4.90 Å². The van der Waals surface area contributed by atoms with Gasteiger partial charge in [0, 0.05) is 26.0 Å². The Hall–Kier alpha value is -3.16. The van der Waals surface area contributed by atoms with E-state index in [4.69, 9.17) is 9.26 Å². The molecule has 2 amide bonds. The SMILES string of the molecule is Cc1cc(COC(=O)C23CCC(=O)N2c2ccccc2C(=O)N3C)on1. The number of rotatable bonds is 3. The molecular formula is C18H17N3O5. The number of hydrogen-bond acceptors (Lipinski definition) is 6. The Morgan fingerprint density at radius 2 is 2.12 bits per heavy atom. The zero-order chi connectivity index (χ0) is 18.5. The summed E-state index contributed by atoms with van der Waals surface area (Å²) in [6, 6.07) is 8.43. The van der Waals surface area contributed by atoms with Crippen LogP contribution in [0.3, 0.4) is 0 Å². The first kappa shape index (κ1) is 16.3. The molecule has 2 aromatic rings. The van der Waals surface area contributed by atoms with Gasteiger partial charge in [-0.3, -0.25) is 14.5 Å². The van der Waals surface area contributed by atoms with Crippen LogP contribution in [0.25, 0.3) is 0 Å². The predicted octanol–water partition coefficient (Wildman–Crippen LogP) is 1.64. The zero-order valence-corrected chi connectivity index (χ0v) is 14.4. The molecule has 0 radical (unpaired) electrons. The highest BCUT2D eigenvalue weighted by Gasteiger charge is 2.60. The number of anilines is 1. The molecule has 3 heterocycles. The fourth-order valence-electron chi connectivity index (χ4n) is 3.63. The molecule has 26 heavy (non-hydrogen) atoms. The van der Waals surface area contributed by atoms with E-state index in [0.29, 0.717) is 22.7 Å². The average Bonchev–Trinajstić information content (AvgIpc) is 3.22. The number of likely N-dealkylation sites (N-methyl/N-ethyl adjacent to an activating group) is 1. The molecule has 1 atom stereocenters. The number of carbonyl (C=O) groups excluding carboxylic acids is 3. The Labute approximate surface area is 149 Å². The standard InChI is InChI=1S/C18H17N3O5/c1-11-9-12(26-19-11)10-25-17(24)18-8-7-15(22)21(18)14-6-4-3-5-13(14)16(23)20(18)2/h3-6,9H,7-8,10H2,1-2H3. The van der Waals surface area contributed by atoms with Gasteiger partial charge >= 0.3 is 5.97 Å². The first-order valence-corrected chi connectivity index (χ1v) is 8.25. The van der Waals surface area contributed by atoms with Crippen molar-refractivity contribution >= 4 is 23.5 Å². The highest BCUT2D eigenvalue weighted by Crippen LogP contribution is 2.44. The Morgan fingerprint density at radius 1 is 1.35 bits per heavy atom. The molecule has 4 rings (SSSR count). The van der Waals surface area contributed by atoms with E-state index in [-0.39, 0.29) is 31.3 Å². The van der Waals surface area contributed by atoms with Crippen molar-refractivity contribution in [2.24, 2.45) is 0 Å². The van der Waals surface area contributed by atoms with Crippen molar-refractivity contribution in [3.8, 4) is 0 Å². The average molecular weight is 355 g/mol. The van der Waals surface area contributed by atoms with E-state index >= 15 is 0 Å². The first-order valence-electron chi connectivity index (χ1n) is 8.25. The summed E-state index contributed by atoms with van der Waals surface area (Å²) in [5.41, 5.74) is 0.0216. The minimum atomic E-state index is -1.47. The molecule has 134 valence electrons. The van der Waals surface area contributed by atoms with Crippen molar-refractivity contribution in [2.75, 3.05) is 11.9 Å². The van der Waals surface area contributed by atoms with E-state index in [0.717, 1.165) is 0 Å². The summed E-state index contributed by atoms with van der Waals surface area (Å²) >= 11 is 0. The molecule has 2 aliphatic heterocycles. The molecule has 1 fully saturated rings. The minimum absolute atomic E-state index is 0.118. The lowest BCUT2D eigenvalue weighted by molar-refractivity contribution is -0.158. The number of hydrogen-bond donors (Lipinski definition) is 0. The Morgan fingerprint density at radius 3 is 2.85 bits per heavy atom. The molecule has 1 aromatic carbocycles. The quantitative estimate of drug-likeness (QED) is 0.777. The summed E-state index contributed by atoms with van der Waals surface area (Å²) in [6.07, 6.45) is 0.332. The molecule has 1 aromatic heterocycles. The molecular weight excluding hydrogens is 338 g/mol. The van der Waals surface area contributed by atoms with Crippen molar-refractivity contribution in [1.29, 1.82) is 0 Å². The van der Waals surface area contributed by atoms with E-state index in [2.05, 4.69) is 5.16 Å². The minimum Gasteiger partial charge on any atom is -0.454 e. The molecule has 1 saturated heterocycles. The fourth-order valence-corrected chi connectivity index (χ4v) is 3.63. The Bertz CT molecular complexity index is 921. The van der Waals surface area contributed by atoms with Crippen molar-refractivity contribution < 1.29 is 23.6 Å². The second-order valence-corrected chi connectivity index (χ2v) is 6.44. The Balaban J connectivity index is 1.71. The van der Waals surface area contributed by atoms with Gasteiger partial charge in [-0.1, -0.05) is 17.3 Å². The number of nitrogens with zero attached hydrogens (tertiary/aromatic N) is 3. The Kier molecular flexibility index (Phi) is 3.57. The second-order valence-electron chi connectivity index (χ2n) is 6.44. The zero-order valence-electron chi connectivity index (χ0n) is 14.4. The third-order valence-corrected chi connectivity index (χ3v) is 4.89. The maximum Gasteiger partial charge on any atom is 0.354 e. The van der Waals surface area contributed by atoms with Crippen molar-refractivity contribution in [3.05, 3.63) is 47.3 Å². The highest BCUT2D eigenvalue weighted by atomic mass is 16.6. The van der Waals surface area contributed by atoms with E-state index in [1.807, 2.05) is 0 Å². The first-order chi connectivity index (χ1) is 12.4. The summed E-state index contributed by atoms with van der Waals surface area (Å²) < 4.78 is 10.5. The van der Waals surface area contributed by atoms with Crippen LogP contribution in [0.15, 0.2) is 34.9 Å². The van der Waals surface area contributed by atoms with Gasteiger partial charge in [0.2, 0.25) is 11.6 Å². The van der Waals surface area contributed by atoms with Gasteiger partial charge in [-0.2, -0.15) is 0 Å². The molecule has 0 saturated carbocycles. The van der Waals surface area contributed by atoms with E-state index in [9.17, 15) is 14.4 Å². The lowest BCUT2D eigenvalue weighted by Gasteiger charge is -2.46. The van der Waals surface area contributed by atoms with Gasteiger partial charge in [0.05, 0.1) is 16.9 Å². The van der Waals surface area contributed by atoms with Crippen LogP contribution in [0.4, 0.5) is 5.69 Å². The smallest absolute Gasteiger partial charge is 0.354 e. The number of carbonyl (C=O) groups is 3. The van der Waals surface area contributed by atoms with Gasteiger partial charge in [-0.15, -0.1) is 0 Å². The third-order valence-electron chi connectivity index (χ3n) is 4.89. The maximum atomic E-state index is 13.0. The van der Waals surface area contributed by atoms with Gasteiger partial charge in [0.25, 0.3) is 5.91 Å². The van der Waals surface area contributed by atoms with Crippen molar-refractivity contribution in [3.63, 3.8) is 0 Å². The molecule has 0 aliphatic carbocycles. The number of benzene rings is 1. The van der Waals surface area contributed by atoms with Crippen LogP contribution in [-0.2, 0) is 20.9 Å². The fraction of sp³-hybridized carbons (Fsp3) is 0.333. The summed E-state index contributed by atoms with van der Waals surface area (Å²) in [6.45, 7) is 1.64. The number of aromatic nitrogens is 1. The molecule has 0 bridgehead atoms. The summed E-state index contributed by atoms with van der Waals surface area (Å²) in [5.74, 6) is -0.806. The van der Waals surface area contributed by atoms with Gasteiger partial charge in [-0.05, 0) is 19.1 Å². The van der Waals surface area contributed by atoms with Gasteiger partial charge < -0.3 is 14.2 Å². The van der Waals surface area contributed by atoms with E-state index in [1.165, 1.54) is 16.8 Å². The molecule has 0 N–H and O–H groups in total. The summed E-state index contributed by atoms with van der Waals surface area (Å²) in [5, 5.41) is 3.75. The van der Waals surface area contributed by atoms with E-state index < -0.39 is 11.6 Å². The van der Waals surface area contributed by atoms with Gasteiger partial charge in [-0.25, -0.2) is 4.79 Å². The van der Waals surface area contributed by atoms with Crippen LogP contribution in [0.1, 0.15) is 34.7 Å². The number of fused-ring (bicyclic) bond motifs is 3. The summed E-state index contributed by atoms with van der Waals surface area (Å²) in [4.78, 5) is 41.1. The van der Waals surface area contributed by atoms with Crippen molar-refractivity contribution in [1.82, 2.24) is 10.1 Å². The van der Waals surface area contributed by atoms with Crippen LogP contribution in [0, 0.1) is 6.92 Å². The number of aryl methyl sites for hydroxylation is 1. The van der Waals surface area contributed by atoms with E-state index in [1.54, 1.807) is 37.3 Å². The third kappa shape index (κ3) is 2.15. The number of ether oxygens (including phenoxy) is 1. The normalized spacial score (nSPS) is 21.6. The van der Waals surface area contributed by atoms with Gasteiger partial charge in [0.1, 0.15) is 0 Å². The molecule has 2 aliphatic rings. The van der Waals surface area contributed by atoms with Crippen LogP contribution in [0.5, 0.6) is 0 Å². The molecule has 0 spiro atoms. The molecule has 8 nitrogen and oxygen atoms in total. The van der Waals surface area contributed by atoms with Gasteiger partial charge in [0.15, 0.2) is 12.4 Å². The monoisotopic (exact) mass is 355 g/mol. The molecule has 1 unspecified atom stereocenters. The number of amides is 2. The largest absolute Gasteiger partial charge is 0.454 e. The topological polar surface area (TPSA) is 93.0 Å². The number of para-hydroxylation sites is 1. The summed E-state index contributed by atoms with van der Waals surface area (Å²) in [7, 11) is 1.52.